The molecule has 0 radical (unpaired) electrons. The maximum Gasteiger partial charge on any atom is 0.173 e. The molecule has 0 fully saturated rings. The number of nitrogens with one attached hydrogen (secondary N) is 1. The second kappa shape index (κ2) is 11.3. The SMILES string of the molecule is CCC(C)Oc1ccc(-c2nc(-c3cccc4c3CCC4NN(O)SCCO)ns2)cc1C#N. The largest absolute Gasteiger partial charge is 0.489 e. The van der Waals surface area contributed by atoms with Crippen LogP contribution in [-0.2, 0) is 6.42 Å². The highest BCUT2D eigenvalue weighted by molar-refractivity contribution is 7.96. The predicted molar refractivity (Wildman–Crippen MR) is 133 cm³/mol. The smallest absolute Gasteiger partial charge is 0.173 e. The fraction of sp³-hybridized carbons (Fsp3) is 0.375. The van der Waals surface area contributed by atoms with Gasteiger partial charge in [0, 0.05) is 16.9 Å². The van der Waals surface area contributed by atoms with Crippen molar-refractivity contribution in [3.05, 3.63) is 53.1 Å². The van der Waals surface area contributed by atoms with Crippen LogP contribution >= 0.6 is 23.5 Å². The zero-order valence-electron chi connectivity index (χ0n) is 19.1. The molecule has 3 aromatic rings. The lowest BCUT2D eigenvalue weighted by Crippen LogP contribution is -2.32. The van der Waals surface area contributed by atoms with Crippen LogP contribution in [0.1, 0.15) is 49.4 Å². The minimum atomic E-state index is -0.0273. The van der Waals surface area contributed by atoms with E-state index in [1.54, 1.807) is 6.07 Å². The molecule has 178 valence electrons. The van der Waals surface area contributed by atoms with Crippen LogP contribution in [0.15, 0.2) is 36.4 Å². The van der Waals surface area contributed by atoms with Gasteiger partial charge in [-0.2, -0.15) is 9.64 Å². The van der Waals surface area contributed by atoms with Gasteiger partial charge in [0.15, 0.2) is 5.82 Å². The molecule has 10 heteroatoms. The maximum atomic E-state index is 10.0. The normalized spacial score (nSPS) is 15.8. The zero-order chi connectivity index (χ0) is 24.1. The molecular formula is C24H27N5O3S2. The topological polar surface area (TPSA) is 115 Å². The first-order valence-corrected chi connectivity index (χ1v) is 12.9. The van der Waals surface area contributed by atoms with Gasteiger partial charge in [-0.25, -0.2) is 10.4 Å². The molecule has 0 saturated heterocycles. The van der Waals surface area contributed by atoms with Gasteiger partial charge in [-0.3, -0.25) is 5.21 Å². The fourth-order valence-corrected chi connectivity index (χ4v) is 5.03. The van der Waals surface area contributed by atoms with Gasteiger partial charge in [0.25, 0.3) is 0 Å². The Bertz CT molecular complexity index is 1180. The summed E-state index contributed by atoms with van der Waals surface area (Å²) >= 11 is 2.43. The Morgan fingerprint density at radius 3 is 3.00 bits per heavy atom. The summed E-state index contributed by atoms with van der Waals surface area (Å²) in [6.07, 6.45) is 2.58. The van der Waals surface area contributed by atoms with Gasteiger partial charge in [-0.1, -0.05) is 29.7 Å². The highest BCUT2D eigenvalue weighted by atomic mass is 32.2. The summed E-state index contributed by atoms with van der Waals surface area (Å²) in [7, 11) is 0. The van der Waals surface area contributed by atoms with Crippen LogP contribution in [-0.4, -0.2) is 42.7 Å². The molecule has 0 spiro atoms. The number of hydrogen-bond donors (Lipinski definition) is 3. The number of hydrazine groups is 1. The Balaban J connectivity index is 1.56. The molecule has 0 bridgehead atoms. The number of benzene rings is 2. The number of nitriles is 1. The highest BCUT2D eigenvalue weighted by Crippen LogP contribution is 2.38. The number of nitrogens with zero attached hydrogens (tertiary/aromatic N) is 4. The minimum Gasteiger partial charge on any atom is -0.489 e. The van der Waals surface area contributed by atoms with E-state index in [9.17, 15) is 10.5 Å². The second-order valence-electron chi connectivity index (χ2n) is 8.01. The summed E-state index contributed by atoms with van der Waals surface area (Å²) in [5.74, 6) is 1.65. The van der Waals surface area contributed by atoms with E-state index in [1.807, 2.05) is 38.1 Å². The van der Waals surface area contributed by atoms with E-state index in [1.165, 1.54) is 17.1 Å². The highest BCUT2D eigenvalue weighted by Gasteiger charge is 2.27. The van der Waals surface area contributed by atoms with Gasteiger partial charge >= 0.3 is 0 Å². The number of fused-ring (bicyclic) bond motifs is 1. The van der Waals surface area contributed by atoms with Gasteiger partial charge in [0.05, 0.1) is 24.3 Å². The Morgan fingerprint density at radius 1 is 1.38 bits per heavy atom. The van der Waals surface area contributed by atoms with Crippen molar-refractivity contribution in [2.75, 3.05) is 12.4 Å². The number of aromatic nitrogens is 2. The van der Waals surface area contributed by atoms with Crippen LogP contribution in [0.5, 0.6) is 5.75 Å². The number of aliphatic hydroxyl groups is 1. The molecule has 1 aromatic heterocycles. The second-order valence-corrected chi connectivity index (χ2v) is 9.77. The molecular weight excluding hydrogens is 470 g/mol. The van der Waals surface area contributed by atoms with E-state index in [-0.39, 0.29) is 18.8 Å². The lowest BCUT2D eigenvalue weighted by atomic mass is 10.0. The lowest BCUT2D eigenvalue weighted by Gasteiger charge is -2.20. The maximum absolute atomic E-state index is 10.0. The van der Waals surface area contributed by atoms with Crippen molar-refractivity contribution in [3.8, 4) is 33.8 Å². The number of ether oxygens (including phenoxy) is 1. The van der Waals surface area contributed by atoms with Crippen molar-refractivity contribution in [2.45, 2.75) is 45.3 Å². The molecule has 1 heterocycles. The standard InChI is InChI=1S/C24H27N5O3S2/c1-3-15(2)32-22-10-7-16(13-17(22)14-25)24-26-23(28-34-24)20-6-4-5-19-18(20)8-9-21(19)27-29(31)33-12-11-30/h4-7,10,13,15,21,27,30-31H,3,8-9,11-12H2,1-2H3. The summed E-state index contributed by atoms with van der Waals surface area (Å²) in [6, 6.07) is 13.8. The molecule has 2 aromatic carbocycles. The van der Waals surface area contributed by atoms with Gasteiger partial charge in [-0.15, -0.1) is 0 Å². The van der Waals surface area contributed by atoms with Crippen LogP contribution in [0.2, 0.25) is 0 Å². The Hall–Kier alpha value is -2.52. The molecule has 8 nitrogen and oxygen atoms in total. The van der Waals surface area contributed by atoms with Crippen molar-refractivity contribution < 1.29 is 15.1 Å². The minimum absolute atomic E-state index is 0.00386. The Kier molecular flexibility index (Phi) is 8.15. The van der Waals surface area contributed by atoms with E-state index in [0.717, 1.165) is 57.5 Å². The van der Waals surface area contributed by atoms with Crippen molar-refractivity contribution in [2.24, 2.45) is 0 Å². The van der Waals surface area contributed by atoms with Crippen LogP contribution in [0.4, 0.5) is 0 Å². The van der Waals surface area contributed by atoms with E-state index < -0.39 is 0 Å². The third kappa shape index (κ3) is 5.41. The summed E-state index contributed by atoms with van der Waals surface area (Å²) < 4.78 is 11.5. The average Bonchev–Trinajstić information content (AvgIpc) is 3.50. The summed E-state index contributed by atoms with van der Waals surface area (Å²) in [5, 5.41) is 29.3. The molecule has 4 rings (SSSR count). The van der Waals surface area contributed by atoms with E-state index in [2.05, 4.69) is 21.9 Å². The van der Waals surface area contributed by atoms with Gasteiger partial charge in [-0.05, 0) is 79.0 Å². The molecule has 2 unspecified atom stereocenters. The van der Waals surface area contributed by atoms with Crippen molar-refractivity contribution in [1.82, 2.24) is 19.4 Å². The van der Waals surface area contributed by atoms with Crippen LogP contribution in [0.25, 0.3) is 22.0 Å². The summed E-state index contributed by atoms with van der Waals surface area (Å²) in [4.78, 5) is 4.78. The van der Waals surface area contributed by atoms with Crippen LogP contribution in [0, 0.1) is 11.3 Å². The number of hydrogen-bond acceptors (Lipinski definition) is 10. The Labute approximate surface area is 207 Å². The Morgan fingerprint density at radius 2 is 2.24 bits per heavy atom. The summed E-state index contributed by atoms with van der Waals surface area (Å²) in [5.41, 5.74) is 7.65. The van der Waals surface area contributed by atoms with Crippen molar-refractivity contribution in [3.63, 3.8) is 0 Å². The summed E-state index contributed by atoms with van der Waals surface area (Å²) in [6.45, 7) is 4.02. The monoisotopic (exact) mass is 497 g/mol. The predicted octanol–water partition coefficient (Wildman–Crippen LogP) is 4.74. The molecule has 2 atom stereocenters. The average molecular weight is 498 g/mol. The lowest BCUT2D eigenvalue weighted by molar-refractivity contribution is -0.0447. The molecule has 0 saturated carbocycles. The van der Waals surface area contributed by atoms with Crippen LogP contribution < -0.4 is 10.2 Å². The van der Waals surface area contributed by atoms with E-state index >= 15 is 0 Å². The molecule has 0 amide bonds. The van der Waals surface area contributed by atoms with Crippen LogP contribution in [0.3, 0.4) is 0 Å². The first-order chi connectivity index (χ1) is 16.5. The van der Waals surface area contributed by atoms with E-state index in [0.29, 0.717) is 22.9 Å². The third-order valence-electron chi connectivity index (χ3n) is 5.76. The molecule has 0 aliphatic heterocycles. The molecule has 1 aliphatic carbocycles. The quantitative estimate of drug-likeness (QED) is 0.270. The third-order valence-corrected chi connectivity index (χ3v) is 7.24. The number of aliphatic hydroxyl groups excluding tert-OH is 1. The fourth-order valence-electron chi connectivity index (χ4n) is 3.90. The first kappa shape index (κ1) is 24.6. The number of rotatable bonds is 10. The molecule has 1 aliphatic rings. The van der Waals surface area contributed by atoms with Gasteiger partial charge in [0.2, 0.25) is 0 Å². The van der Waals surface area contributed by atoms with Gasteiger partial charge < -0.3 is 9.84 Å². The van der Waals surface area contributed by atoms with Gasteiger partial charge in [0.1, 0.15) is 16.8 Å². The molecule has 34 heavy (non-hydrogen) atoms. The first-order valence-electron chi connectivity index (χ1n) is 11.2. The molecule has 3 N–H and O–H groups in total. The zero-order valence-corrected chi connectivity index (χ0v) is 20.7. The van der Waals surface area contributed by atoms with E-state index in [4.69, 9.17) is 14.8 Å². The van der Waals surface area contributed by atoms with Crippen molar-refractivity contribution in [1.29, 1.82) is 5.26 Å². The van der Waals surface area contributed by atoms with Crippen molar-refractivity contribution >= 4 is 23.5 Å².